The number of rotatable bonds is 8. The first-order chi connectivity index (χ1) is 9.49. The lowest BCUT2D eigenvalue weighted by atomic mass is 10.0. The Labute approximate surface area is 119 Å². The normalized spacial score (nSPS) is 12.0. The molecule has 1 aromatic rings. The van der Waals surface area contributed by atoms with Crippen molar-refractivity contribution in [3.63, 3.8) is 0 Å². The van der Waals surface area contributed by atoms with Crippen molar-refractivity contribution >= 4 is 5.69 Å². The number of hydrogen-bond donors (Lipinski definition) is 1. The molecule has 0 heterocycles. The summed E-state index contributed by atoms with van der Waals surface area (Å²) in [6.07, 6.45) is 2.20. The Morgan fingerprint density at radius 2 is 2.15 bits per heavy atom. The number of nitrogens with zero attached hydrogens (tertiary/aromatic N) is 1. The zero-order valence-electron chi connectivity index (χ0n) is 12.2. The molecule has 112 valence electrons. The van der Waals surface area contributed by atoms with Crippen molar-refractivity contribution in [2.24, 2.45) is 5.73 Å². The molecule has 1 unspecified atom stereocenters. The van der Waals surface area contributed by atoms with E-state index in [4.69, 9.17) is 15.2 Å². The lowest BCUT2D eigenvalue weighted by molar-refractivity contribution is -0.386. The second-order valence-electron chi connectivity index (χ2n) is 4.77. The third kappa shape index (κ3) is 4.38. The predicted octanol–water partition coefficient (Wildman–Crippen LogP) is 2.67. The van der Waals surface area contributed by atoms with Gasteiger partial charge < -0.3 is 15.2 Å². The molecule has 20 heavy (non-hydrogen) atoms. The molecule has 0 aliphatic rings. The van der Waals surface area contributed by atoms with Crippen LogP contribution in [0.2, 0.25) is 0 Å². The molecule has 0 bridgehead atoms. The van der Waals surface area contributed by atoms with E-state index < -0.39 is 4.92 Å². The van der Waals surface area contributed by atoms with Gasteiger partial charge in [-0.1, -0.05) is 6.92 Å². The van der Waals surface area contributed by atoms with Gasteiger partial charge in [0.15, 0.2) is 5.75 Å². The fourth-order valence-corrected chi connectivity index (χ4v) is 1.82. The van der Waals surface area contributed by atoms with Crippen LogP contribution in [0.25, 0.3) is 0 Å². The van der Waals surface area contributed by atoms with Gasteiger partial charge in [0.25, 0.3) is 0 Å². The molecular weight excluding hydrogens is 260 g/mol. The van der Waals surface area contributed by atoms with Crippen LogP contribution < -0.4 is 15.2 Å². The molecule has 0 aliphatic carbocycles. The van der Waals surface area contributed by atoms with E-state index in [0.29, 0.717) is 18.8 Å². The van der Waals surface area contributed by atoms with E-state index in [2.05, 4.69) is 0 Å². The molecule has 0 aliphatic heterocycles. The van der Waals surface area contributed by atoms with E-state index in [0.717, 1.165) is 18.4 Å². The van der Waals surface area contributed by atoms with Crippen molar-refractivity contribution < 1.29 is 14.4 Å². The molecule has 0 spiro atoms. The molecule has 0 amide bonds. The second kappa shape index (κ2) is 7.69. The molecule has 0 fully saturated rings. The van der Waals surface area contributed by atoms with Crippen molar-refractivity contribution in [3.05, 3.63) is 27.8 Å². The van der Waals surface area contributed by atoms with Crippen molar-refractivity contribution in [2.75, 3.05) is 13.7 Å². The Morgan fingerprint density at radius 1 is 1.45 bits per heavy atom. The van der Waals surface area contributed by atoms with Crippen LogP contribution in [0.1, 0.15) is 32.3 Å². The van der Waals surface area contributed by atoms with E-state index in [1.807, 2.05) is 13.8 Å². The minimum Gasteiger partial charge on any atom is -0.493 e. The van der Waals surface area contributed by atoms with Crippen LogP contribution in [-0.4, -0.2) is 24.7 Å². The molecule has 6 nitrogen and oxygen atoms in total. The van der Waals surface area contributed by atoms with Crippen molar-refractivity contribution in [2.45, 2.75) is 39.2 Å². The highest BCUT2D eigenvalue weighted by atomic mass is 16.6. The quantitative estimate of drug-likeness (QED) is 0.585. The summed E-state index contributed by atoms with van der Waals surface area (Å²) in [7, 11) is 1.48. The number of nitro benzene ring substituents is 1. The summed E-state index contributed by atoms with van der Waals surface area (Å²) in [5, 5.41) is 11.2. The molecule has 0 saturated carbocycles. The highest BCUT2D eigenvalue weighted by molar-refractivity contribution is 5.58. The summed E-state index contributed by atoms with van der Waals surface area (Å²) in [6, 6.07) is 3.37. The van der Waals surface area contributed by atoms with Crippen molar-refractivity contribution in [1.29, 1.82) is 0 Å². The molecule has 0 radical (unpaired) electrons. The zero-order valence-corrected chi connectivity index (χ0v) is 12.2. The maximum Gasteiger partial charge on any atom is 0.315 e. The van der Waals surface area contributed by atoms with Crippen LogP contribution in [0.4, 0.5) is 5.69 Å². The van der Waals surface area contributed by atoms with Crippen LogP contribution >= 0.6 is 0 Å². The lowest BCUT2D eigenvalue weighted by Crippen LogP contribution is -2.15. The van der Waals surface area contributed by atoms with E-state index >= 15 is 0 Å². The summed E-state index contributed by atoms with van der Waals surface area (Å²) in [4.78, 5) is 10.7. The van der Waals surface area contributed by atoms with Gasteiger partial charge in [-0.2, -0.15) is 0 Å². The second-order valence-corrected chi connectivity index (χ2v) is 4.77. The number of benzene rings is 1. The maximum atomic E-state index is 11.2. The van der Waals surface area contributed by atoms with Gasteiger partial charge in [0.1, 0.15) is 0 Å². The summed E-state index contributed by atoms with van der Waals surface area (Å²) in [6.45, 7) is 4.26. The highest BCUT2D eigenvalue weighted by Gasteiger charge is 2.22. The molecular formula is C14H22N2O4. The third-order valence-electron chi connectivity index (χ3n) is 2.85. The smallest absolute Gasteiger partial charge is 0.315 e. The molecule has 2 N–H and O–H groups in total. The molecule has 0 saturated heterocycles. The summed E-state index contributed by atoms with van der Waals surface area (Å²) < 4.78 is 10.7. The van der Waals surface area contributed by atoms with Gasteiger partial charge in [-0.15, -0.1) is 0 Å². The summed E-state index contributed by atoms with van der Waals surface area (Å²) in [5.74, 6) is 0.594. The van der Waals surface area contributed by atoms with Gasteiger partial charge in [0, 0.05) is 12.1 Å². The number of hydrogen-bond acceptors (Lipinski definition) is 5. The van der Waals surface area contributed by atoms with Crippen LogP contribution in [0.3, 0.4) is 0 Å². The Hall–Kier alpha value is -1.82. The van der Waals surface area contributed by atoms with Gasteiger partial charge in [-0.05, 0) is 37.8 Å². The lowest BCUT2D eigenvalue weighted by Gasteiger charge is -2.13. The van der Waals surface area contributed by atoms with Gasteiger partial charge in [0.05, 0.1) is 18.6 Å². The minimum atomic E-state index is -0.442. The average Bonchev–Trinajstić information content (AvgIpc) is 2.42. The number of methoxy groups -OCH3 is 1. The highest BCUT2D eigenvalue weighted by Crippen LogP contribution is 2.38. The first kappa shape index (κ1) is 16.2. The Kier molecular flexibility index (Phi) is 6.24. The van der Waals surface area contributed by atoms with Crippen molar-refractivity contribution in [1.82, 2.24) is 0 Å². The largest absolute Gasteiger partial charge is 0.493 e. The van der Waals surface area contributed by atoms with Gasteiger partial charge in [-0.25, -0.2) is 0 Å². The Morgan fingerprint density at radius 3 is 2.65 bits per heavy atom. The minimum absolute atomic E-state index is 0.0519. The van der Waals surface area contributed by atoms with E-state index in [9.17, 15) is 10.1 Å². The first-order valence-corrected chi connectivity index (χ1v) is 6.73. The molecule has 1 aromatic carbocycles. The topological polar surface area (TPSA) is 87.6 Å². The van der Waals surface area contributed by atoms with Crippen LogP contribution in [-0.2, 0) is 6.42 Å². The summed E-state index contributed by atoms with van der Waals surface area (Å²) >= 11 is 0. The Balaban J connectivity index is 3.13. The van der Waals surface area contributed by atoms with E-state index in [1.165, 1.54) is 13.2 Å². The van der Waals surface area contributed by atoms with E-state index in [1.54, 1.807) is 6.07 Å². The molecule has 1 rings (SSSR count). The molecule has 6 heteroatoms. The fourth-order valence-electron chi connectivity index (χ4n) is 1.82. The standard InChI is InChI=1S/C14H22N2O4/c1-4-7-20-14-12(16(17)18)8-11(6-5-10(2)15)9-13(14)19-3/h8-10H,4-7,15H2,1-3H3. The zero-order chi connectivity index (χ0) is 15.1. The Bertz CT molecular complexity index is 461. The average molecular weight is 282 g/mol. The predicted molar refractivity (Wildman–Crippen MR) is 77.4 cm³/mol. The molecule has 0 aromatic heterocycles. The number of nitro groups is 1. The number of ether oxygens (including phenoxy) is 2. The fraction of sp³-hybridized carbons (Fsp3) is 0.571. The first-order valence-electron chi connectivity index (χ1n) is 6.73. The van der Waals surface area contributed by atoms with Gasteiger partial charge in [-0.3, -0.25) is 10.1 Å². The summed E-state index contributed by atoms with van der Waals surface area (Å²) in [5.41, 5.74) is 6.48. The van der Waals surface area contributed by atoms with Crippen LogP contribution in [0.5, 0.6) is 11.5 Å². The number of nitrogens with two attached hydrogens (primary N) is 1. The number of aryl methyl sites for hydroxylation is 1. The molecule has 1 atom stereocenters. The van der Waals surface area contributed by atoms with Crippen LogP contribution in [0, 0.1) is 10.1 Å². The maximum absolute atomic E-state index is 11.2. The van der Waals surface area contributed by atoms with E-state index in [-0.39, 0.29) is 17.5 Å². The van der Waals surface area contributed by atoms with Crippen molar-refractivity contribution in [3.8, 4) is 11.5 Å². The third-order valence-corrected chi connectivity index (χ3v) is 2.85. The monoisotopic (exact) mass is 282 g/mol. The van der Waals surface area contributed by atoms with Crippen LogP contribution in [0.15, 0.2) is 12.1 Å². The SMILES string of the molecule is CCCOc1c(OC)cc(CCC(C)N)cc1[N+](=O)[O-]. The van der Waals surface area contributed by atoms with Gasteiger partial charge in [0.2, 0.25) is 5.75 Å². The van der Waals surface area contributed by atoms with Gasteiger partial charge >= 0.3 is 5.69 Å².